The van der Waals surface area contributed by atoms with Crippen molar-refractivity contribution in [2.45, 2.75) is 71.0 Å². The first-order chi connectivity index (χ1) is 8.70. The van der Waals surface area contributed by atoms with Crippen LogP contribution in [0.2, 0.25) is 0 Å². The summed E-state index contributed by atoms with van der Waals surface area (Å²) in [6, 6.07) is 2.55. The molecule has 2 heteroatoms. The molecule has 2 nitrogen and oxygen atoms in total. The predicted molar refractivity (Wildman–Crippen MR) is 76.7 cm³/mol. The zero-order chi connectivity index (χ0) is 12.7. The first kappa shape index (κ1) is 12.9. The van der Waals surface area contributed by atoms with Crippen LogP contribution >= 0.6 is 0 Å². The Morgan fingerprint density at radius 2 is 1.89 bits per heavy atom. The van der Waals surface area contributed by atoms with E-state index in [1.807, 2.05) is 0 Å². The Hall–Kier alpha value is -0.0800. The SMILES string of the molecule is CCC1CCC(N2CC3CCCN3CC2C)C1C. The van der Waals surface area contributed by atoms with E-state index in [4.69, 9.17) is 0 Å². The van der Waals surface area contributed by atoms with Crippen molar-refractivity contribution >= 4 is 0 Å². The highest BCUT2D eigenvalue weighted by atomic mass is 15.3. The maximum atomic E-state index is 2.88. The lowest BCUT2D eigenvalue weighted by atomic mass is 9.91. The Bertz CT molecular complexity index is 291. The topological polar surface area (TPSA) is 6.48 Å². The van der Waals surface area contributed by atoms with E-state index in [-0.39, 0.29) is 0 Å². The second-order valence-electron chi connectivity index (χ2n) is 7.01. The number of rotatable bonds is 2. The highest BCUT2D eigenvalue weighted by molar-refractivity contribution is 4.97. The van der Waals surface area contributed by atoms with Crippen LogP contribution in [-0.4, -0.2) is 47.6 Å². The second kappa shape index (κ2) is 5.13. The van der Waals surface area contributed by atoms with Gasteiger partial charge in [0.05, 0.1) is 0 Å². The van der Waals surface area contributed by atoms with Gasteiger partial charge in [0.25, 0.3) is 0 Å². The van der Waals surface area contributed by atoms with Crippen LogP contribution in [0.3, 0.4) is 0 Å². The first-order valence-corrected chi connectivity index (χ1v) is 8.20. The van der Waals surface area contributed by atoms with Crippen molar-refractivity contribution in [2.24, 2.45) is 11.8 Å². The summed E-state index contributed by atoms with van der Waals surface area (Å²) in [4.78, 5) is 5.63. The zero-order valence-corrected chi connectivity index (χ0v) is 12.4. The van der Waals surface area contributed by atoms with E-state index in [1.165, 1.54) is 51.7 Å². The Balaban J connectivity index is 1.68. The van der Waals surface area contributed by atoms with Gasteiger partial charge < -0.3 is 0 Å². The molecule has 3 rings (SSSR count). The monoisotopic (exact) mass is 250 g/mol. The number of nitrogens with zero attached hydrogens (tertiary/aromatic N) is 2. The van der Waals surface area contributed by atoms with Gasteiger partial charge in [0.1, 0.15) is 0 Å². The summed E-state index contributed by atoms with van der Waals surface area (Å²) in [7, 11) is 0. The van der Waals surface area contributed by atoms with E-state index < -0.39 is 0 Å². The molecule has 2 aliphatic heterocycles. The fourth-order valence-electron chi connectivity index (χ4n) is 4.94. The molecule has 1 aliphatic carbocycles. The van der Waals surface area contributed by atoms with Crippen molar-refractivity contribution < 1.29 is 0 Å². The van der Waals surface area contributed by atoms with Gasteiger partial charge in [-0.1, -0.05) is 20.3 Å². The van der Waals surface area contributed by atoms with Crippen LogP contribution in [0.25, 0.3) is 0 Å². The minimum Gasteiger partial charge on any atom is -0.298 e. The molecule has 2 saturated heterocycles. The maximum absolute atomic E-state index is 2.88. The van der Waals surface area contributed by atoms with Crippen LogP contribution in [0.5, 0.6) is 0 Å². The first-order valence-electron chi connectivity index (χ1n) is 8.20. The molecule has 0 N–H and O–H groups in total. The summed E-state index contributed by atoms with van der Waals surface area (Å²) in [6.45, 7) is 11.4. The molecule has 0 aromatic carbocycles. The van der Waals surface area contributed by atoms with E-state index in [9.17, 15) is 0 Å². The van der Waals surface area contributed by atoms with Gasteiger partial charge in [0, 0.05) is 31.2 Å². The molecular formula is C16H30N2. The third-order valence-electron chi connectivity index (χ3n) is 6.12. The molecular weight excluding hydrogens is 220 g/mol. The molecule has 5 atom stereocenters. The number of piperazine rings is 1. The van der Waals surface area contributed by atoms with Gasteiger partial charge in [-0.3, -0.25) is 9.80 Å². The maximum Gasteiger partial charge on any atom is 0.0224 e. The molecule has 104 valence electrons. The standard InChI is InChI=1S/C16H30N2/c1-4-14-7-8-16(13(14)3)18-11-15-6-5-9-17(15)10-12(18)2/h12-16H,4-11H2,1-3H3. The van der Waals surface area contributed by atoms with Gasteiger partial charge in [-0.05, 0) is 51.0 Å². The largest absolute Gasteiger partial charge is 0.298 e. The lowest BCUT2D eigenvalue weighted by molar-refractivity contribution is 0.0147. The van der Waals surface area contributed by atoms with E-state index in [0.29, 0.717) is 0 Å². The summed E-state index contributed by atoms with van der Waals surface area (Å²) in [5.41, 5.74) is 0. The third-order valence-corrected chi connectivity index (χ3v) is 6.12. The Labute approximate surface area is 113 Å². The average molecular weight is 250 g/mol. The molecule has 3 aliphatic rings. The molecule has 5 unspecified atom stereocenters. The molecule has 0 bridgehead atoms. The van der Waals surface area contributed by atoms with Gasteiger partial charge in [0.2, 0.25) is 0 Å². The lowest BCUT2D eigenvalue weighted by Gasteiger charge is -2.46. The minimum atomic E-state index is 0.780. The molecule has 18 heavy (non-hydrogen) atoms. The van der Waals surface area contributed by atoms with Gasteiger partial charge in [0.15, 0.2) is 0 Å². The highest BCUT2D eigenvalue weighted by Crippen LogP contribution is 2.39. The highest BCUT2D eigenvalue weighted by Gasteiger charge is 2.42. The summed E-state index contributed by atoms with van der Waals surface area (Å²) in [6.07, 6.45) is 7.19. The summed E-state index contributed by atoms with van der Waals surface area (Å²) in [5.74, 6) is 1.91. The van der Waals surface area contributed by atoms with Crippen LogP contribution in [0.15, 0.2) is 0 Å². The number of hydrogen-bond acceptors (Lipinski definition) is 2. The van der Waals surface area contributed by atoms with Crippen molar-refractivity contribution in [1.29, 1.82) is 0 Å². The normalized spacial score (nSPS) is 46.5. The molecule has 2 heterocycles. The molecule has 1 saturated carbocycles. The van der Waals surface area contributed by atoms with Gasteiger partial charge in [-0.25, -0.2) is 0 Å². The summed E-state index contributed by atoms with van der Waals surface area (Å²) >= 11 is 0. The summed E-state index contributed by atoms with van der Waals surface area (Å²) < 4.78 is 0. The molecule has 0 spiro atoms. The fourth-order valence-corrected chi connectivity index (χ4v) is 4.94. The van der Waals surface area contributed by atoms with Crippen molar-refractivity contribution in [3.8, 4) is 0 Å². The molecule has 0 amide bonds. The van der Waals surface area contributed by atoms with Crippen LogP contribution in [-0.2, 0) is 0 Å². The van der Waals surface area contributed by atoms with E-state index in [0.717, 1.165) is 30.0 Å². The molecule has 0 aromatic heterocycles. The van der Waals surface area contributed by atoms with Crippen molar-refractivity contribution in [1.82, 2.24) is 9.80 Å². The summed E-state index contributed by atoms with van der Waals surface area (Å²) in [5, 5.41) is 0. The predicted octanol–water partition coefficient (Wildman–Crippen LogP) is 2.98. The average Bonchev–Trinajstić information content (AvgIpc) is 2.94. The smallest absolute Gasteiger partial charge is 0.0224 e. The number of hydrogen-bond donors (Lipinski definition) is 0. The minimum absolute atomic E-state index is 0.780. The third kappa shape index (κ3) is 2.12. The molecule has 3 fully saturated rings. The Morgan fingerprint density at radius 3 is 2.61 bits per heavy atom. The quantitative estimate of drug-likeness (QED) is 0.743. The number of fused-ring (bicyclic) bond motifs is 1. The van der Waals surface area contributed by atoms with Crippen molar-refractivity contribution in [3.05, 3.63) is 0 Å². The molecule has 0 aromatic rings. The Kier molecular flexibility index (Phi) is 3.68. The van der Waals surface area contributed by atoms with Gasteiger partial charge in [-0.2, -0.15) is 0 Å². The second-order valence-corrected chi connectivity index (χ2v) is 7.01. The zero-order valence-electron chi connectivity index (χ0n) is 12.4. The van der Waals surface area contributed by atoms with Crippen LogP contribution in [0, 0.1) is 11.8 Å². The lowest BCUT2D eigenvalue weighted by Crippen LogP contribution is -2.58. The van der Waals surface area contributed by atoms with Crippen LogP contribution in [0.1, 0.15) is 52.9 Å². The van der Waals surface area contributed by atoms with Gasteiger partial charge >= 0.3 is 0 Å². The van der Waals surface area contributed by atoms with E-state index in [1.54, 1.807) is 0 Å². The van der Waals surface area contributed by atoms with E-state index in [2.05, 4.69) is 30.6 Å². The fraction of sp³-hybridized carbons (Fsp3) is 1.00. The van der Waals surface area contributed by atoms with E-state index >= 15 is 0 Å². The Morgan fingerprint density at radius 1 is 1.06 bits per heavy atom. The van der Waals surface area contributed by atoms with Crippen molar-refractivity contribution in [3.63, 3.8) is 0 Å². The van der Waals surface area contributed by atoms with Crippen LogP contribution in [0.4, 0.5) is 0 Å². The molecule has 0 radical (unpaired) electrons. The van der Waals surface area contributed by atoms with Crippen molar-refractivity contribution in [2.75, 3.05) is 19.6 Å². The van der Waals surface area contributed by atoms with Crippen LogP contribution < -0.4 is 0 Å². The van der Waals surface area contributed by atoms with Gasteiger partial charge in [-0.15, -0.1) is 0 Å².